The predicted molar refractivity (Wildman–Crippen MR) is 131 cm³/mol. The minimum absolute atomic E-state index is 0.0563. The largest absolute Gasteiger partial charge is 0.481 e. The summed E-state index contributed by atoms with van der Waals surface area (Å²) in [6, 6.07) is 0. The van der Waals surface area contributed by atoms with Gasteiger partial charge in [-0.1, -0.05) is 0 Å². The molecule has 0 aromatic heterocycles. The van der Waals surface area contributed by atoms with Crippen molar-refractivity contribution in [2.24, 2.45) is 0 Å². The van der Waals surface area contributed by atoms with Gasteiger partial charge in [0, 0.05) is 12.8 Å². The minimum Gasteiger partial charge on any atom is -0.481 e. The number of hydrogen-bond donors (Lipinski definition) is 2. The van der Waals surface area contributed by atoms with E-state index in [1.807, 2.05) is 0 Å². The molecule has 2 N–H and O–H groups in total. The van der Waals surface area contributed by atoms with Gasteiger partial charge in [0.05, 0.1) is 99.1 Å². The summed E-state index contributed by atoms with van der Waals surface area (Å²) >= 11 is 0. The average molecular weight is 557 g/mol. The fourth-order valence-electron chi connectivity index (χ4n) is 2.53. The lowest BCUT2D eigenvalue weighted by molar-refractivity contribution is -0.146. The number of aliphatic carboxylic acids is 2. The van der Waals surface area contributed by atoms with Gasteiger partial charge in [-0.05, 0) is 12.8 Å². The molecule has 0 aromatic carbocycles. The number of carbonyl (C=O) groups is 3. The molecule has 0 saturated heterocycles. The van der Waals surface area contributed by atoms with Gasteiger partial charge in [0.15, 0.2) is 0 Å². The summed E-state index contributed by atoms with van der Waals surface area (Å²) in [5, 5.41) is 16.9. The molecule has 0 amide bonds. The van der Waals surface area contributed by atoms with E-state index in [0.717, 1.165) is 0 Å². The molecule has 0 saturated carbocycles. The van der Waals surface area contributed by atoms with Crippen LogP contribution in [0.5, 0.6) is 0 Å². The molecular formula is C24H44O14. The SMILES string of the molecule is O=C(O)CCCCC(=O)OCCOCCOCCOCCOCCOCCOCCOCCOCC(=O)O. The lowest BCUT2D eigenvalue weighted by atomic mass is 10.2. The average Bonchev–Trinajstić information content (AvgIpc) is 2.88. The molecule has 0 fully saturated rings. The second-order valence-corrected chi connectivity index (χ2v) is 7.55. The maximum absolute atomic E-state index is 11.4. The molecule has 0 unspecified atom stereocenters. The Balaban J connectivity index is 3.11. The van der Waals surface area contributed by atoms with Gasteiger partial charge < -0.3 is 52.8 Å². The molecular weight excluding hydrogens is 512 g/mol. The topological polar surface area (TPSA) is 175 Å². The first-order chi connectivity index (χ1) is 18.5. The molecule has 0 heterocycles. The third-order valence-electron chi connectivity index (χ3n) is 4.34. The minimum atomic E-state index is -1.00. The predicted octanol–water partition coefficient (Wildman–Crippen LogP) is 0.392. The summed E-state index contributed by atoms with van der Waals surface area (Å²) in [6.45, 7) is 5.84. The number of carbonyl (C=O) groups excluding carboxylic acids is 1. The van der Waals surface area contributed by atoms with Gasteiger partial charge in [-0.15, -0.1) is 0 Å². The van der Waals surface area contributed by atoms with Crippen molar-refractivity contribution in [2.45, 2.75) is 25.7 Å². The third-order valence-corrected chi connectivity index (χ3v) is 4.34. The summed E-state index contributed by atoms with van der Waals surface area (Å²) in [4.78, 5) is 32.0. The molecule has 224 valence electrons. The molecule has 0 rings (SSSR count). The van der Waals surface area contributed by atoms with Gasteiger partial charge >= 0.3 is 17.9 Å². The summed E-state index contributed by atoms with van der Waals surface area (Å²) < 4.78 is 47.2. The van der Waals surface area contributed by atoms with E-state index in [-0.39, 0.29) is 45.2 Å². The van der Waals surface area contributed by atoms with Crippen LogP contribution in [0.25, 0.3) is 0 Å². The van der Waals surface area contributed by atoms with Crippen molar-refractivity contribution in [3.05, 3.63) is 0 Å². The van der Waals surface area contributed by atoms with Crippen LogP contribution in [-0.4, -0.2) is 140 Å². The first-order valence-corrected chi connectivity index (χ1v) is 12.7. The van der Waals surface area contributed by atoms with Crippen molar-refractivity contribution in [2.75, 3.05) is 112 Å². The van der Waals surface area contributed by atoms with Crippen LogP contribution >= 0.6 is 0 Å². The fraction of sp³-hybridized carbons (Fsp3) is 0.875. The second-order valence-electron chi connectivity index (χ2n) is 7.55. The Kier molecular flexibility index (Phi) is 28.2. The van der Waals surface area contributed by atoms with Crippen molar-refractivity contribution in [3.63, 3.8) is 0 Å². The first kappa shape index (κ1) is 36.1. The highest BCUT2D eigenvalue weighted by atomic mass is 16.6. The van der Waals surface area contributed by atoms with Crippen LogP contribution in [0.3, 0.4) is 0 Å². The van der Waals surface area contributed by atoms with Crippen LogP contribution in [0.2, 0.25) is 0 Å². The van der Waals surface area contributed by atoms with E-state index in [9.17, 15) is 14.4 Å². The second kappa shape index (κ2) is 29.6. The number of rotatable bonds is 31. The number of carboxylic acids is 2. The summed E-state index contributed by atoms with van der Waals surface area (Å²) in [5.41, 5.74) is 0. The van der Waals surface area contributed by atoms with E-state index in [0.29, 0.717) is 98.7 Å². The molecule has 0 aromatic rings. The van der Waals surface area contributed by atoms with Gasteiger partial charge in [0.2, 0.25) is 0 Å². The van der Waals surface area contributed by atoms with Gasteiger partial charge in [0.1, 0.15) is 13.2 Å². The van der Waals surface area contributed by atoms with Gasteiger partial charge in [0.25, 0.3) is 0 Å². The lowest BCUT2D eigenvalue weighted by Gasteiger charge is -2.09. The third kappa shape index (κ3) is 32.1. The molecule has 0 radical (unpaired) electrons. The molecule has 0 aliphatic rings. The van der Waals surface area contributed by atoms with Crippen LogP contribution in [0, 0.1) is 0 Å². The van der Waals surface area contributed by atoms with E-state index < -0.39 is 11.9 Å². The zero-order chi connectivity index (χ0) is 27.9. The van der Waals surface area contributed by atoms with Crippen molar-refractivity contribution < 1.29 is 67.2 Å². The van der Waals surface area contributed by atoms with Crippen molar-refractivity contribution in [1.82, 2.24) is 0 Å². The Morgan fingerprint density at radius 1 is 0.395 bits per heavy atom. The molecule has 0 atom stereocenters. The summed E-state index contributed by atoms with van der Waals surface area (Å²) in [6.07, 6.45) is 1.22. The maximum atomic E-state index is 11.4. The quantitative estimate of drug-likeness (QED) is 0.0886. The van der Waals surface area contributed by atoms with Crippen LogP contribution in [0.4, 0.5) is 0 Å². The monoisotopic (exact) mass is 556 g/mol. The Hall–Kier alpha value is -1.91. The van der Waals surface area contributed by atoms with Crippen LogP contribution in [0.1, 0.15) is 25.7 Å². The number of ether oxygens (including phenoxy) is 9. The van der Waals surface area contributed by atoms with E-state index in [1.54, 1.807) is 0 Å². The molecule has 0 bridgehead atoms. The highest BCUT2D eigenvalue weighted by Crippen LogP contribution is 2.01. The van der Waals surface area contributed by atoms with Crippen molar-refractivity contribution in [1.29, 1.82) is 0 Å². The maximum Gasteiger partial charge on any atom is 0.329 e. The molecule has 0 spiro atoms. The number of esters is 1. The highest BCUT2D eigenvalue weighted by molar-refractivity contribution is 5.69. The van der Waals surface area contributed by atoms with E-state index in [4.69, 9.17) is 52.8 Å². The Morgan fingerprint density at radius 3 is 1.05 bits per heavy atom. The van der Waals surface area contributed by atoms with Crippen LogP contribution < -0.4 is 0 Å². The number of carboxylic acid groups (broad SMARTS) is 2. The Labute approximate surface area is 223 Å². The van der Waals surface area contributed by atoms with Crippen LogP contribution in [-0.2, 0) is 57.0 Å². The highest BCUT2D eigenvalue weighted by Gasteiger charge is 2.04. The molecule has 38 heavy (non-hydrogen) atoms. The zero-order valence-electron chi connectivity index (χ0n) is 22.1. The van der Waals surface area contributed by atoms with E-state index in [1.165, 1.54) is 0 Å². The zero-order valence-corrected chi connectivity index (χ0v) is 22.1. The normalized spacial score (nSPS) is 11.1. The fourth-order valence-corrected chi connectivity index (χ4v) is 2.53. The number of unbranched alkanes of at least 4 members (excludes halogenated alkanes) is 1. The Bertz CT molecular complexity index is 560. The molecule has 0 aliphatic heterocycles. The van der Waals surface area contributed by atoms with Gasteiger partial charge in [-0.3, -0.25) is 9.59 Å². The first-order valence-electron chi connectivity index (χ1n) is 12.7. The van der Waals surface area contributed by atoms with E-state index >= 15 is 0 Å². The van der Waals surface area contributed by atoms with E-state index in [2.05, 4.69) is 0 Å². The molecule has 0 aliphatic carbocycles. The van der Waals surface area contributed by atoms with Crippen LogP contribution in [0.15, 0.2) is 0 Å². The molecule has 14 heteroatoms. The van der Waals surface area contributed by atoms with Crippen molar-refractivity contribution >= 4 is 17.9 Å². The summed E-state index contributed by atoms with van der Waals surface area (Å²) in [5.74, 6) is -2.23. The Morgan fingerprint density at radius 2 is 0.711 bits per heavy atom. The van der Waals surface area contributed by atoms with Crippen molar-refractivity contribution in [3.8, 4) is 0 Å². The smallest absolute Gasteiger partial charge is 0.329 e. The standard InChI is InChI=1S/C24H44O14/c25-22(26)3-1-2-4-24(29)38-20-19-36-16-15-34-12-11-32-8-7-30-5-6-31-9-10-33-13-14-35-17-18-37-21-23(27)28/h1-21H2,(H,25,26)(H,27,28). The van der Waals surface area contributed by atoms with Gasteiger partial charge in [-0.25, -0.2) is 4.79 Å². The lowest BCUT2D eigenvalue weighted by Crippen LogP contribution is -2.15. The number of hydrogen-bond acceptors (Lipinski definition) is 12. The molecule has 14 nitrogen and oxygen atoms in total. The van der Waals surface area contributed by atoms with Gasteiger partial charge in [-0.2, -0.15) is 0 Å². The summed E-state index contributed by atoms with van der Waals surface area (Å²) in [7, 11) is 0.